The minimum Gasteiger partial charge on any atom is -0.477 e. The number of nitrogens with zero attached hydrogens (tertiary/aromatic N) is 4. The first-order valence-electron chi connectivity index (χ1n) is 12.2. The van der Waals surface area contributed by atoms with Crippen molar-refractivity contribution in [2.45, 2.75) is 63.8 Å². The van der Waals surface area contributed by atoms with Gasteiger partial charge in [-0.3, -0.25) is 9.36 Å². The number of hydrogen-bond acceptors (Lipinski definition) is 6. The van der Waals surface area contributed by atoms with Crippen molar-refractivity contribution in [1.82, 2.24) is 24.5 Å². The third-order valence-electron chi connectivity index (χ3n) is 8.12. The molecule has 0 radical (unpaired) electrons. The lowest BCUT2D eigenvalue weighted by Gasteiger charge is -2.61. The maximum atomic E-state index is 13.2. The summed E-state index contributed by atoms with van der Waals surface area (Å²) >= 11 is 0. The summed E-state index contributed by atoms with van der Waals surface area (Å²) in [5, 5.41) is 0. The Bertz CT molecular complexity index is 1270. The number of hydrogen-bond donors (Lipinski definition) is 1. The van der Waals surface area contributed by atoms with Gasteiger partial charge in [0.05, 0.1) is 19.9 Å². The number of rotatable bonds is 7. The molecule has 3 aromatic rings. The minimum atomic E-state index is -0.366. The number of H-pyrrole nitrogens is 1. The van der Waals surface area contributed by atoms with Crippen molar-refractivity contribution in [1.29, 1.82) is 0 Å². The van der Waals surface area contributed by atoms with Crippen LogP contribution in [0.1, 0.15) is 57.7 Å². The summed E-state index contributed by atoms with van der Waals surface area (Å²) in [6.45, 7) is 3.13. The topological polar surface area (TPSA) is 94.9 Å². The Hall–Kier alpha value is -2.97. The Labute approximate surface area is 196 Å². The summed E-state index contributed by atoms with van der Waals surface area (Å²) in [5.41, 5.74) is 0.681. The molecule has 9 heteroatoms. The number of methoxy groups -OCH3 is 1. The molecule has 0 aromatic carbocycles. The average molecular weight is 468 g/mol. The summed E-state index contributed by atoms with van der Waals surface area (Å²) in [6, 6.07) is 3.27. The van der Waals surface area contributed by atoms with Gasteiger partial charge < -0.3 is 14.5 Å². The van der Waals surface area contributed by atoms with Crippen LogP contribution in [0.4, 0.5) is 4.39 Å². The zero-order chi connectivity index (χ0) is 23.5. The first-order valence-corrected chi connectivity index (χ1v) is 12.2. The van der Waals surface area contributed by atoms with Crippen molar-refractivity contribution >= 4 is 11.2 Å². The first-order chi connectivity index (χ1) is 16.4. The smallest absolute Gasteiger partial charge is 0.301 e. The van der Waals surface area contributed by atoms with Crippen LogP contribution in [0.15, 0.2) is 23.1 Å². The van der Waals surface area contributed by atoms with E-state index in [-0.39, 0.29) is 22.2 Å². The van der Waals surface area contributed by atoms with Crippen molar-refractivity contribution in [2.24, 2.45) is 17.3 Å². The number of halogens is 1. The summed E-state index contributed by atoms with van der Waals surface area (Å²) in [6.07, 6.45) is 8.59. The highest BCUT2D eigenvalue weighted by Crippen LogP contribution is 2.65. The maximum Gasteiger partial charge on any atom is 0.301 e. The SMILES string of the molecule is CCCn1c(OC)nc2nc(C34CC5CC(CC(COc6ccc(F)cn6)(C5)C3)C4)[nH]c2c1=O. The van der Waals surface area contributed by atoms with Crippen LogP contribution in [0.2, 0.25) is 0 Å². The molecule has 3 aromatic heterocycles. The maximum absolute atomic E-state index is 13.2. The fourth-order valence-corrected chi connectivity index (χ4v) is 7.37. The highest BCUT2D eigenvalue weighted by Gasteiger charge is 2.59. The molecule has 0 spiro atoms. The average Bonchev–Trinajstić information content (AvgIpc) is 3.25. The molecule has 4 aliphatic carbocycles. The Balaban J connectivity index is 1.35. The van der Waals surface area contributed by atoms with E-state index in [1.807, 2.05) is 6.92 Å². The molecule has 0 amide bonds. The molecule has 2 unspecified atom stereocenters. The minimum absolute atomic E-state index is 0.0344. The van der Waals surface area contributed by atoms with Crippen LogP contribution in [0, 0.1) is 23.1 Å². The molecule has 34 heavy (non-hydrogen) atoms. The molecule has 4 aliphatic rings. The predicted octanol–water partition coefficient (Wildman–Crippen LogP) is 3.99. The number of aromatic nitrogens is 5. The second-order valence-corrected chi connectivity index (χ2v) is 10.7. The quantitative estimate of drug-likeness (QED) is 0.565. The summed E-state index contributed by atoms with van der Waals surface area (Å²) in [5.74, 6) is 2.19. The van der Waals surface area contributed by atoms with Gasteiger partial charge in [-0.15, -0.1) is 0 Å². The second-order valence-electron chi connectivity index (χ2n) is 10.7. The lowest BCUT2D eigenvalue weighted by Crippen LogP contribution is -2.56. The molecule has 180 valence electrons. The van der Waals surface area contributed by atoms with Gasteiger partial charge in [-0.1, -0.05) is 6.92 Å². The van der Waals surface area contributed by atoms with E-state index >= 15 is 0 Å². The van der Waals surface area contributed by atoms with Gasteiger partial charge >= 0.3 is 6.01 Å². The molecule has 8 nitrogen and oxygen atoms in total. The third kappa shape index (κ3) is 3.39. The lowest BCUT2D eigenvalue weighted by molar-refractivity contribution is -0.0941. The molecule has 0 aliphatic heterocycles. The normalized spacial score (nSPS) is 29.6. The van der Waals surface area contributed by atoms with Gasteiger partial charge in [0.2, 0.25) is 5.88 Å². The standard InChI is InChI=1S/C25H30FN5O3/c1-3-6-31-21(32)19-20(30-23(31)33-2)29-22(28-19)25-10-15-7-16(11-25)9-24(8-15,13-25)14-34-18-5-4-17(26)12-27-18/h4-5,12,15-16H,3,6-11,13-14H2,1-2H3,(H,28,29). The van der Waals surface area contributed by atoms with E-state index in [0.717, 1.165) is 44.3 Å². The van der Waals surface area contributed by atoms with Crippen molar-refractivity contribution in [2.75, 3.05) is 13.7 Å². The van der Waals surface area contributed by atoms with Crippen molar-refractivity contribution in [3.63, 3.8) is 0 Å². The van der Waals surface area contributed by atoms with E-state index in [0.29, 0.717) is 48.0 Å². The van der Waals surface area contributed by atoms with Gasteiger partial charge in [0.1, 0.15) is 11.6 Å². The molecule has 4 bridgehead atoms. The van der Waals surface area contributed by atoms with Crippen LogP contribution >= 0.6 is 0 Å². The Kier molecular flexibility index (Phi) is 4.93. The van der Waals surface area contributed by atoms with E-state index in [1.165, 1.54) is 25.8 Å². The molecule has 2 atom stereocenters. The van der Waals surface area contributed by atoms with Gasteiger partial charge in [0, 0.05) is 23.4 Å². The number of fused-ring (bicyclic) bond motifs is 1. The zero-order valence-corrected chi connectivity index (χ0v) is 19.6. The van der Waals surface area contributed by atoms with Crippen LogP contribution in [-0.2, 0) is 12.0 Å². The van der Waals surface area contributed by atoms with Gasteiger partial charge in [-0.25, -0.2) is 14.4 Å². The third-order valence-corrected chi connectivity index (χ3v) is 8.12. The van der Waals surface area contributed by atoms with Gasteiger partial charge in [0.25, 0.3) is 5.56 Å². The van der Waals surface area contributed by atoms with Crippen molar-refractivity contribution < 1.29 is 13.9 Å². The summed E-state index contributed by atoms with van der Waals surface area (Å²) in [7, 11) is 1.53. The number of ether oxygens (including phenoxy) is 2. The fourth-order valence-electron chi connectivity index (χ4n) is 7.37. The van der Waals surface area contributed by atoms with Crippen LogP contribution < -0.4 is 15.0 Å². The monoisotopic (exact) mass is 467 g/mol. The molecular formula is C25H30FN5O3. The Morgan fingerprint density at radius 3 is 2.68 bits per heavy atom. The largest absolute Gasteiger partial charge is 0.477 e. The highest BCUT2D eigenvalue weighted by atomic mass is 19.1. The fraction of sp³-hybridized carbons (Fsp3) is 0.600. The summed E-state index contributed by atoms with van der Waals surface area (Å²) < 4.78 is 26.3. The van der Waals surface area contributed by atoms with E-state index < -0.39 is 0 Å². The summed E-state index contributed by atoms with van der Waals surface area (Å²) in [4.78, 5) is 30.1. The Morgan fingerprint density at radius 1 is 1.21 bits per heavy atom. The highest BCUT2D eigenvalue weighted by molar-refractivity contribution is 5.70. The predicted molar refractivity (Wildman–Crippen MR) is 123 cm³/mol. The van der Waals surface area contributed by atoms with Crippen molar-refractivity contribution in [3.05, 3.63) is 40.3 Å². The van der Waals surface area contributed by atoms with Gasteiger partial charge in [-0.2, -0.15) is 4.98 Å². The van der Waals surface area contributed by atoms with E-state index in [1.54, 1.807) is 10.6 Å². The first kappa shape index (κ1) is 21.6. The molecule has 1 N–H and O–H groups in total. The molecule has 4 saturated carbocycles. The molecule has 0 saturated heterocycles. The Morgan fingerprint density at radius 2 is 2.00 bits per heavy atom. The zero-order valence-electron chi connectivity index (χ0n) is 19.6. The number of pyridine rings is 1. The van der Waals surface area contributed by atoms with Crippen LogP contribution in [0.25, 0.3) is 11.2 Å². The van der Waals surface area contributed by atoms with Gasteiger partial charge in [-0.05, 0) is 62.8 Å². The number of imidazole rings is 1. The number of aromatic amines is 1. The van der Waals surface area contributed by atoms with Crippen LogP contribution in [-0.4, -0.2) is 38.2 Å². The molecule has 4 fully saturated rings. The second kappa shape index (κ2) is 7.78. The van der Waals surface area contributed by atoms with Gasteiger partial charge in [0.15, 0.2) is 11.2 Å². The molecule has 7 rings (SSSR count). The van der Waals surface area contributed by atoms with E-state index in [4.69, 9.17) is 14.5 Å². The molecule has 3 heterocycles. The van der Waals surface area contributed by atoms with E-state index in [2.05, 4.69) is 15.0 Å². The number of nitrogens with one attached hydrogen (secondary N) is 1. The molecular weight excluding hydrogens is 437 g/mol. The lowest BCUT2D eigenvalue weighted by atomic mass is 9.44. The van der Waals surface area contributed by atoms with Crippen molar-refractivity contribution in [3.8, 4) is 11.9 Å². The van der Waals surface area contributed by atoms with Crippen LogP contribution in [0.3, 0.4) is 0 Å². The van der Waals surface area contributed by atoms with E-state index in [9.17, 15) is 9.18 Å². The van der Waals surface area contributed by atoms with Crippen LogP contribution in [0.5, 0.6) is 11.9 Å².